The van der Waals surface area contributed by atoms with E-state index in [-0.39, 0.29) is 48.5 Å². The van der Waals surface area contributed by atoms with Gasteiger partial charge in [0, 0.05) is 12.1 Å². The molecular formula is C32H38ClN3O4. The van der Waals surface area contributed by atoms with E-state index in [1.54, 1.807) is 0 Å². The van der Waals surface area contributed by atoms with Crippen LogP contribution in [0.5, 0.6) is 5.75 Å². The first-order chi connectivity index (χ1) is 18.8. The zero-order valence-electron chi connectivity index (χ0n) is 23.3. The molecule has 3 aromatic carbocycles. The zero-order valence-corrected chi connectivity index (χ0v) is 24.1. The summed E-state index contributed by atoms with van der Waals surface area (Å²) in [7, 11) is 1.35. The Kier molecular flexibility index (Phi) is 10.7. The van der Waals surface area contributed by atoms with Crippen molar-refractivity contribution in [1.82, 2.24) is 4.90 Å². The van der Waals surface area contributed by atoms with Crippen LogP contribution < -0.4 is 10.5 Å². The topological polar surface area (TPSA) is 106 Å². The number of hydrogen-bond acceptors (Lipinski definition) is 5. The van der Waals surface area contributed by atoms with E-state index >= 15 is 0 Å². The van der Waals surface area contributed by atoms with Crippen molar-refractivity contribution in [3.8, 4) is 16.9 Å². The lowest BCUT2D eigenvalue weighted by atomic mass is 9.95. The number of ether oxygens (including phenoxy) is 2. The Morgan fingerprint density at radius 3 is 2.38 bits per heavy atom. The predicted octanol–water partition coefficient (Wildman–Crippen LogP) is 5.47. The van der Waals surface area contributed by atoms with Crippen LogP contribution in [-0.4, -0.2) is 48.9 Å². The summed E-state index contributed by atoms with van der Waals surface area (Å²) in [5.41, 5.74) is 11.8. The Morgan fingerprint density at radius 1 is 1.02 bits per heavy atom. The number of amides is 1. The highest BCUT2D eigenvalue weighted by atomic mass is 35.5. The second-order valence-corrected chi connectivity index (χ2v) is 10.2. The van der Waals surface area contributed by atoms with Gasteiger partial charge < -0.3 is 20.1 Å². The third-order valence-corrected chi connectivity index (χ3v) is 7.65. The van der Waals surface area contributed by atoms with Crippen LogP contribution >= 0.6 is 12.4 Å². The number of aryl methyl sites for hydroxylation is 1. The number of carbonyl (C=O) groups is 2. The van der Waals surface area contributed by atoms with Gasteiger partial charge in [0.15, 0.2) is 0 Å². The number of amidine groups is 1. The number of esters is 1. The highest BCUT2D eigenvalue weighted by Gasteiger charge is 2.40. The van der Waals surface area contributed by atoms with Crippen molar-refractivity contribution in [2.45, 2.75) is 45.6 Å². The van der Waals surface area contributed by atoms with Crippen molar-refractivity contribution >= 4 is 30.1 Å². The van der Waals surface area contributed by atoms with Crippen LogP contribution in [0.1, 0.15) is 41.5 Å². The first-order valence-corrected chi connectivity index (χ1v) is 13.4. The first-order valence-electron chi connectivity index (χ1n) is 13.4. The lowest BCUT2D eigenvalue weighted by Crippen LogP contribution is -2.38. The molecule has 1 fully saturated rings. The quantitative estimate of drug-likeness (QED) is 0.183. The lowest BCUT2D eigenvalue weighted by Gasteiger charge is -2.25. The molecular weight excluding hydrogens is 526 g/mol. The van der Waals surface area contributed by atoms with Crippen LogP contribution in [0.2, 0.25) is 0 Å². The van der Waals surface area contributed by atoms with Crippen LogP contribution in [0.3, 0.4) is 0 Å². The smallest absolute Gasteiger partial charge is 0.306 e. The monoisotopic (exact) mass is 563 g/mol. The molecule has 2 atom stereocenters. The van der Waals surface area contributed by atoms with Crippen molar-refractivity contribution in [3.63, 3.8) is 0 Å². The number of rotatable bonds is 11. The minimum absolute atomic E-state index is 0. The number of nitrogens with two attached hydrogens (primary N) is 1. The zero-order chi connectivity index (χ0) is 27.9. The molecule has 7 nitrogen and oxygen atoms in total. The van der Waals surface area contributed by atoms with Gasteiger partial charge >= 0.3 is 5.97 Å². The molecule has 40 heavy (non-hydrogen) atoms. The molecule has 1 amide bonds. The maximum atomic E-state index is 13.3. The molecule has 1 aliphatic heterocycles. The highest BCUT2D eigenvalue weighted by molar-refractivity contribution is 5.95. The van der Waals surface area contributed by atoms with Gasteiger partial charge in [-0.1, -0.05) is 60.7 Å². The van der Waals surface area contributed by atoms with E-state index in [2.05, 4.69) is 19.1 Å². The van der Waals surface area contributed by atoms with Gasteiger partial charge in [0.25, 0.3) is 0 Å². The van der Waals surface area contributed by atoms with Crippen LogP contribution in [0.25, 0.3) is 11.1 Å². The third-order valence-electron chi connectivity index (χ3n) is 7.65. The number of methoxy groups -OCH3 is 1. The number of nitrogen functional groups attached to an aromatic ring is 1. The van der Waals surface area contributed by atoms with Crippen LogP contribution in [0, 0.1) is 25.2 Å². The van der Waals surface area contributed by atoms with Crippen LogP contribution in [0.4, 0.5) is 0 Å². The van der Waals surface area contributed by atoms with Crippen molar-refractivity contribution in [2.75, 3.05) is 20.3 Å². The fourth-order valence-corrected chi connectivity index (χ4v) is 5.26. The third kappa shape index (κ3) is 7.21. The van der Waals surface area contributed by atoms with Crippen molar-refractivity contribution in [3.05, 3.63) is 89.0 Å². The average Bonchev–Trinajstić information content (AvgIpc) is 3.23. The Hall–Kier alpha value is -3.84. The van der Waals surface area contributed by atoms with E-state index < -0.39 is 0 Å². The number of hydrogen-bond donors (Lipinski definition) is 2. The molecule has 0 aliphatic carbocycles. The maximum absolute atomic E-state index is 13.3. The molecule has 4 rings (SSSR count). The molecule has 1 saturated heterocycles. The normalized spacial score (nSPS) is 16.4. The molecule has 0 spiro atoms. The Bertz CT molecular complexity index is 1330. The predicted molar refractivity (Wildman–Crippen MR) is 160 cm³/mol. The summed E-state index contributed by atoms with van der Waals surface area (Å²) in [4.78, 5) is 27.1. The van der Waals surface area contributed by atoms with Gasteiger partial charge in [0.1, 0.15) is 18.2 Å². The summed E-state index contributed by atoms with van der Waals surface area (Å²) in [6.07, 6.45) is 2.38. The minimum atomic E-state index is -0.383. The van der Waals surface area contributed by atoms with E-state index in [4.69, 9.17) is 20.6 Å². The SMILES string of the molecule is COC(=O)C[C@@H]1C[C@@H](COc2ccc(-c3ccc(C(=N)N)cc3)c(C)c2C)N(CCCc2ccccc2)C1=O.Cl. The molecule has 0 saturated carbocycles. The second-order valence-electron chi connectivity index (χ2n) is 10.2. The van der Waals surface area contributed by atoms with Gasteiger partial charge in [-0.15, -0.1) is 12.4 Å². The van der Waals surface area contributed by atoms with Crippen LogP contribution in [0.15, 0.2) is 66.7 Å². The fraction of sp³-hybridized carbons (Fsp3) is 0.344. The molecule has 3 N–H and O–H groups in total. The molecule has 3 aromatic rings. The Balaban J connectivity index is 0.00000441. The summed E-state index contributed by atoms with van der Waals surface area (Å²) in [5, 5.41) is 7.60. The van der Waals surface area contributed by atoms with Gasteiger partial charge in [-0.05, 0) is 67.0 Å². The number of benzene rings is 3. The minimum Gasteiger partial charge on any atom is -0.491 e. The number of carbonyl (C=O) groups excluding carboxylic acids is 2. The molecule has 0 bridgehead atoms. The maximum Gasteiger partial charge on any atom is 0.306 e. The van der Waals surface area contributed by atoms with E-state index in [0.29, 0.717) is 25.1 Å². The van der Waals surface area contributed by atoms with Gasteiger partial charge in [-0.2, -0.15) is 0 Å². The summed E-state index contributed by atoms with van der Waals surface area (Å²) in [6.45, 7) is 5.09. The molecule has 0 radical (unpaired) electrons. The summed E-state index contributed by atoms with van der Waals surface area (Å²) in [6, 6.07) is 21.8. The van der Waals surface area contributed by atoms with Crippen LogP contribution in [-0.2, 0) is 20.7 Å². The van der Waals surface area contributed by atoms with Gasteiger partial charge in [-0.25, -0.2) is 0 Å². The molecule has 8 heteroatoms. The van der Waals surface area contributed by atoms with Crippen molar-refractivity contribution in [2.24, 2.45) is 11.7 Å². The fourth-order valence-electron chi connectivity index (χ4n) is 5.26. The first kappa shape index (κ1) is 30.7. The van der Waals surface area contributed by atoms with Gasteiger partial charge in [0.2, 0.25) is 5.91 Å². The Labute approximate surface area is 242 Å². The number of halogens is 1. The van der Waals surface area contributed by atoms with Crippen molar-refractivity contribution < 1.29 is 19.1 Å². The molecule has 212 valence electrons. The number of likely N-dealkylation sites (tertiary alicyclic amines) is 1. The van der Waals surface area contributed by atoms with Crippen molar-refractivity contribution in [1.29, 1.82) is 5.41 Å². The average molecular weight is 564 g/mol. The summed E-state index contributed by atoms with van der Waals surface area (Å²) >= 11 is 0. The van der Waals surface area contributed by atoms with Gasteiger partial charge in [0.05, 0.1) is 25.5 Å². The lowest BCUT2D eigenvalue weighted by molar-refractivity contribution is -0.144. The largest absolute Gasteiger partial charge is 0.491 e. The standard InChI is InChI=1S/C32H37N3O4.ClH/c1-21-22(2)29(16-15-28(21)24-11-13-25(14-12-24)31(33)34)39-20-27-18-26(19-30(36)38-3)32(37)35(27)17-7-10-23-8-5-4-6-9-23;/h4-6,8-9,11-16,26-27H,7,10,17-20H2,1-3H3,(H3,33,34);1H/t26-,27-;/m0./s1. The second kappa shape index (κ2) is 14.0. The number of nitrogens with one attached hydrogen (secondary N) is 1. The highest BCUT2D eigenvalue weighted by Crippen LogP contribution is 2.33. The van der Waals surface area contributed by atoms with E-state index in [1.807, 2.05) is 66.4 Å². The molecule has 1 heterocycles. The summed E-state index contributed by atoms with van der Waals surface area (Å²) in [5.74, 6) is 0.0825. The van der Waals surface area contributed by atoms with Gasteiger partial charge in [-0.3, -0.25) is 15.0 Å². The molecule has 0 unspecified atom stereocenters. The van der Waals surface area contributed by atoms with E-state index in [1.165, 1.54) is 12.7 Å². The molecule has 0 aromatic heterocycles. The van der Waals surface area contributed by atoms with E-state index in [9.17, 15) is 9.59 Å². The molecule has 1 aliphatic rings. The van der Waals surface area contributed by atoms with E-state index in [0.717, 1.165) is 40.8 Å². The summed E-state index contributed by atoms with van der Waals surface area (Å²) < 4.78 is 11.1. The number of nitrogens with zero attached hydrogens (tertiary/aromatic N) is 1. The Morgan fingerprint density at radius 2 is 1.73 bits per heavy atom.